The minimum absolute atomic E-state index is 0.631. The van der Waals surface area contributed by atoms with Crippen LogP contribution >= 0.6 is 11.8 Å². The highest BCUT2D eigenvalue weighted by Gasteiger charge is 2.33. The molecule has 0 bridgehead atoms. The topological polar surface area (TPSA) is 15.3 Å². The molecule has 2 atom stereocenters. The maximum absolute atomic E-state index is 3.73. The summed E-state index contributed by atoms with van der Waals surface area (Å²) in [5.74, 6) is 2.68. The molecule has 0 aromatic heterocycles. The largest absolute Gasteiger partial charge is 0.310 e. The van der Waals surface area contributed by atoms with Gasteiger partial charge in [-0.15, -0.1) is 0 Å². The van der Waals surface area contributed by atoms with E-state index >= 15 is 0 Å². The van der Waals surface area contributed by atoms with Crippen molar-refractivity contribution in [3.8, 4) is 0 Å². The van der Waals surface area contributed by atoms with Gasteiger partial charge < -0.3 is 5.32 Å². The fraction of sp³-hybridized carbons (Fsp3) is 1.00. The summed E-state index contributed by atoms with van der Waals surface area (Å²) < 4.78 is 0. The van der Waals surface area contributed by atoms with Crippen molar-refractivity contribution in [3.05, 3.63) is 0 Å². The molecule has 82 valence electrons. The molecule has 0 saturated carbocycles. The Labute approximate surface area is 91.8 Å². The average Bonchev–Trinajstić information content (AvgIpc) is 2.18. The molecule has 0 radical (unpaired) electrons. The molecule has 0 spiro atoms. The van der Waals surface area contributed by atoms with Gasteiger partial charge in [-0.3, -0.25) is 4.90 Å². The summed E-state index contributed by atoms with van der Waals surface area (Å²) >= 11 is 2.13. The highest BCUT2D eigenvalue weighted by atomic mass is 32.2. The van der Waals surface area contributed by atoms with Crippen LogP contribution < -0.4 is 5.32 Å². The van der Waals surface area contributed by atoms with E-state index in [1.165, 1.54) is 37.4 Å². The van der Waals surface area contributed by atoms with Crippen LogP contribution in [0, 0.1) is 0 Å². The molecule has 2 saturated heterocycles. The molecule has 14 heavy (non-hydrogen) atoms. The van der Waals surface area contributed by atoms with Crippen LogP contribution in [0.2, 0.25) is 0 Å². The van der Waals surface area contributed by atoms with Crippen LogP contribution in [0.25, 0.3) is 0 Å². The van der Waals surface area contributed by atoms with Gasteiger partial charge in [0.1, 0.15) is 0 Å². The number of nitrogens with zero attached hydrogens (tertiary/aromatic N) is 1. The molecule has 2 rings (SSSR count). The SMILES string of the molecule is CC(C)NC1CCCN2CCSCC12. The second-order valence-corrected chi connectivity index (χ2v) is 5.90. The molecule has 0 aromatic rings. The van der Waals surface area contributed by atoms with E-state index in [1.807, 2.05) is 0 Å². The van der Waals surface area contributed by atoms with Crippen LogP contribution in [0.5, 0.6) is 0 Å². The number of fused-ring (bicyclic) bond motifs is 1. The van der Waals surface area contributed by atoms with E-state index in [-0.39, 0.29) is 0 Å². The summed E-state index contributed by atoms with van der Waals surface area (Å²) in [6.07, 6.45) is 2.76. The first-order valence-corrected chi connectivity index (χ1v) is 7.00. The Morgan fingerprint density at radius 2 is 2.21 bits per heavy atom. The third-order valence-corrected chi connectivity index (χ3v) is 4.30. The van der Waals surface area contributed by atoms with Crippen molar-refractivity contribution in [3.63, 3.8) is 0 Å². The first-order chi connectivity index (χ1) is 6.77. The lowest BCUT2D eigenvalue weighted by atomic mass is 9.96. The van der Waals surface area contributed by atoms with E-state index in [4.69, 9.17) is 0 Å². The Morgan fingerprint density at radius 1 is 1.36 bits per heavy atom. The predicted molar refractivity (Wildman–Crippen MR) is 64.0 cm³/mol. The van der Waals surface area contributed by atoms with Gasteiger partial charge >= 0.3 is 0 Å². The Kier molecular flexibility index (Phi) is 3.74. The van der Waals surface area contributed by atoms with Crippen LogP contribution in [0.4, 0.5) is 0 Å². The predicted octanol–water partition coefficient (Wildman–Crippen LogP) is 1.56. The minimum Gasteiger partial charge on any atom is -0.310 e. The second kappa shape index (κ2) is 4.86. The van der Waals surface area contributed by atoms with Crippen molar-refractivity contribution in [2.24, 2.45) is 0 Å². The monoisotopic (exact) mass is 214 g/mol. The van der Waals surface area contributed by atoms with E-state index in [0.29, 0.717) is 6.04 Å². The smallest absolute Gasteiger partial charge is 0.0340 e. The molecule has 2 unspecified atom stereocenters. The van der Waals surface area contributed by atoms with Crippen molar-refractivity contribution in [1.29, 1.82) is 0 Å². The normalized spacial score (nSPS) is 34.5. The van der Waals surface area contributed by atoms with Gasteiger partial charge in [-0.1, -0.05) is 13.8 Å². The maximum atomic E-state index is 3.73. The molecule has 2 heterocycles. The van der Waals surface area contributed by atoms with Gasteiger partial charge in [0.05, 0.1) is 0 Å². The standard InChI is InChI=1S/C11H22N2S/c1-9(2)12-10-4-3-5-13-6-7-14-8-11(10)13/h9-12H,3-8H2,1-2H3. The zero-order valence-corrected chi connectivity index (χ0v) is 10.1. The zero-order valence-electron chi connectivity index (χ0n) is 9.33. The van der Waals surface area contributed by atoms with Crippen LogP contribution in [-0.4, -0.2) is 47.6 Å². The summed E-state index contributed by atoms with van der Waals surface area (Å²) in [4.78, 5) is 2.69. The molecule has 0 aliphatic carbocycles. The molecule has 0 amide bonds. The van der Waals surface area contributed by atoms with Crippen LogP contribution in [0.15, 0.2) is 0 Å². The average molecular weight is 214 g/mol. The summed E-state index contributed by atoms with van der Waals surface area (Å²) in [5, 5.41) is 3.73. The Balaban J connectivity index is 1.94. The molecule has 2 aliphatic rings. The van der Waals surface area contributed by atoms with Gasteiger partial charge in [-0.2, -0.15) is 11.8 Å². The first kappa shape index (κ1) is 10.8. The molecule has 2 aliphatic heterocycles. The van der Waals surface area contributed by atoms with E-state index in [1.54, 1.807) is 0 Å². The lowest BCUT2D eigenvalue weighted by molar-refractivity contribution is 0.126. The third-order valence-electron chi connectivity index (χ3n) is 3.25. The van der Waals surface area contributed by atoms with Crippen molar-refractivity contribution in [1.82, 2.24) is 10.2 Å². The molecule has 3 heteroatoms. The number of nitrogens with one attached hydrogen (secondary N) is 1. The number of rotatable bonds is 2. The molecule has 2 fully saturated rings. The highest BCUT2D eigenvalue weighted by molar-refractivity contribution is 7.99. The van der Waals surface area contributed by atoms with Gasteiger partial charge in [0, 0.05) is 36.2 Å². The first-order valence-electron chi connectivity index (χ1n) is 5.85. The lowest BCUT2D eigenvalue weighted by Crippen LogP contribution is -2.58. The molecule has 2 nitrogen and oxygen atoms in total. The molecule has 1 N–H and O–H groups in total. The Bertz CT molecular complexity index is 182. The van der Waals surface area contributed by atoms with Crippen molar-refractivity contribution < 1.29 is 0 Å². The number of thioether (sulfide) groups is 1. The lowest BCUT2D eigenvalue weighted by Gasteiger charge is -2.44. The van der Waals surface area contributed by atoms with Crippen LogP contribution in [0.1, 0.15) is 26.7 Å². The quantitative estimate of drug-likeness (QED) is 0.751. The highest BCUT2D eigenvalue weighted by Crippen LogP contribution is 2.25. The molecular weight excluding hydrogens is 192 g/mol. The zero-order chi connectivity index (χ0) is 9.97. The van der Waals surface area contributed by atoms with Crippen LogP contribution in [-0.2, 0) is 0 Å². The second-order valence-electron chi connectivity index (χ2n) is 4.75. The van der Waals surface area contributed by atoms with Gasteiger partial charge in [-0.05, 0) is 19.4 Å². The molecule has 0 aromatic carbocycles. The number of piperidine rings is 1. The van der Waals surface area contributed by atoms with Gasteiger partial charge in [0.15, 0.2) is 0 Å². The van der Waals surface area contributed by atoms with Crippen LogP contribution in [0.3, 0.4) is 0 Å². The summed E-state index contributed by atoms with van der Waals surface area (Å²) in [5.41, 5.74) is 0. The fourth-order valence-electron chi connectivity index (χ4n) is 2.63. The van der Waals surface area contributed by atoms with Crippen molar-refractivity contribution >= 4 is 11.8 Å². The van der Waals surface area contributed by atoms with E-state index in [9.17, 15) is 0 Å². The Hall–Kier alpha value is 0.270. The maximum Gasteiger partial charge on any atom is 0.0340 e. The molecular formula is C11H22N2S. The fourth-order valence-corrected chi connectivity index (χ4v) is 3.85. The van der Waals surface area contributed by atoms with Crippen molar-refractivity contribution in [2.75, 3.05) is 24.6 Å². The number of hydrogen-bond acceptors (Lipinski definition) is 3. The van der Waals surface area contributed by atoms with Gasteiger partial charge in [0.25, 0.3) is 0 Å². The summed E-state index contributed by atoms with van der Waals surface area (Å²) in [6.45, 7) is 7.16. The summed E-state index contributed by atoms with van der Waals surface area (Å²) in [7, 11) is 0. The van der Waals surface area contributed by atoms with E-state index in [2.05, 4.69) is 35.8 Å². The van der Waals surface area contributed by atoms with E-state index in [0.717, 1.165) is 12.1 Å². The minimum atomic E-state index is 0.631. The number of hydrogen-bond donors (Lipinski definition) is 1. The van der Waals surface area contributed by atoms with Gasteiger partial charge in [-0.25, -0.2) is 0 Å². The van der Waals surface area contributed by atoms with Crippen molar-refractivity contribution in [2.45, 2.75) is 44.8 Å². The van der Waals surface area contributed by atoms with Gasteiger partial charge in [0.2, 0.25) is 0 Å². The summed E-state index contributed by atoms with van der Waals surface area (Å²) in [6, 6.07) is 2.19. The van der Waals surface area contributed by atoms with E-state index < -0.39 is 0 Å². The third kappa shape index (κ3) is 2.44. The Morgan fingerprint density at radius 3 is 3.00 bits per heavy atom.